The van der Waals surface area contributed by atoms with E-state index in [0.717, 1.165) is 61.5 Å². The van der Waals surface area contributed by atoms with Gasteiger partial charge in [0.15, 0.2) is 0 Å². The topological polar surface area (TPSA) is 43.2 Å². The average Bonchev–Trinajstić information content (AvgIpc) is 3.40. The third-order valence-corrected chi connectivity index (χ3v) is 5.90. The molecule has 2 aliphatic rings. The lowest BCUT2D eigenvalue weighted by Crippen LogP contribution is -2.37. The number of nitrogens with zero attached hydrogens (tertiary/aromatic N) is 4. The Hall–Kier alpha value is -2.40. The van der Waals surface area contributed by atoms with Crippen LogP contribution in [0.2, 0.25) is 0 Å². The number of para-hydroxylation sites is 1. The Morgan fingerprint density at radius 2 is 1.89 bits per heavy atom. The van der Waals surface area contributed by atoms with Crippen LogP contribution in [0.3, 0.4) is 0 Å². The van der Waals surface area contributed by atoms with Crippen LogP contribution in [0.5, 0.6) is 0 Å². The first-order chi connectivity index (χ1) is 13.4. The lowest BCUT2D eigenvalue weighted by Gasteiger charge is -2.29. The summed E-state index contributed by atoms with van der Waals surface area (Å²) >= 11 is 0. The van der Waals surface area contributed by atoms with Crippen LogP contribution in [0.4, 0.5) is 5.82 Å². The van der Waals surface area contributed by atoms with Gasteiger partial charge in [-0.1, -0.05) is 31.0 Å². The second-order valence-electron chi connectivity index (χ2n) is 7.71. The van der Waals surface area contributed by atoms with E-state index in [1.807, 2.05) is 6.20 Å². The summed E-state index contributed by atoms with van der Waals surface area (Å²) in [5, 5.41) is 1.17. The number of hydrogen-bond acceptors (Lipinski definition) is 4. The van der Waals surface area contributed by atoms with Crippen molar-refractivity contribution in [2.45, 2.75) is 32.2 Å². The monoisotopic (exact) mass is 362 g/mol. The number of ether oxygens (including phenoxy) is 1. The minimum Gasteiger partial charge on any atom is -0.378 e. The fourth-order valence-electron chi connectivity index (χ4n) is 4.46. The molecule has 3 aromatic rings. The van der Waals surface area contributed by atoms with Gasteiger partial charge in [-0.2, -0.15) is 0 Å². The summed E-state index contributed by atoms with van der Waals surface area (Å²) in [6.45, 7) is 4.32. The lowest BCUT2D eigenvalue weighted by atomic mass is 10.1. The number of imidazole rings is 1. The van der Waals surface area contributed by atoms with Gasteiger partial charge in [0.25, 0.3) is 0 Å². The molecule has 0 atom stereocenters. The maximum atomic E-state index is 5.56. The highest BCUT2D eigenvalue weighted by Crippen LogP contribution is 2.34. The molecule has 0 spiro atoms. The zero-order valence-electron chi connectivity index (χ0n) is 15.7. The molecule has 0 bridgehead atoms. The van der Waals surface area contributed by atoms with E-state index >= 15 is 0 Å². The largest absolute Gasteiger partial charge is 0.378 e. The molecule has 1 saturated carbocycles. The van der Waals surface area contributed by atoms with Gasteiger partial charge in [-0.05, 0) is 30.9 Å². The zero-order chi connectivity index (χ0) is 18.1. The molecule has 3 heterocycles. The molecule has 0 radical (unpaired) electrons. The second-order valence-corrected chi connectivity index (χ2v) is 7.71. The molecule has 2 aromatic heterocycles. The fraction of sp³-hybridized carbons (Fsp3) is 0.455. The normalized spacial score (nSPS) is 18.4. The molecule has 0 N–H and O–H groups in total. The van der Waals surface area contributed by atoms with Gasteiger partial charge >= 0.3 is 0 Å². The molecule has 1 saturated heterocycles. The molecular weight excluding hydrogens is 336 g/mol. The van der Waals surface area contributed by atoms with E-state index < -0.39 is 0 Å². The molecule has 1 aliphatic heterocycles. The van der Waals surface area contributed by atoms with Crippen molar-refractivity contribution in [1.29, 1.82) is 0 Å². The molecule has 0 unspecified atom stereocenters. The van der Waals surface area contributed by atoms with E-state index in [1.165, 1.54) is 31.1 Å². The van der Waals surface area contributed by atoms with Crippen LogP contribution < -0.4 is 4.90 Å². The fourth-order valence-corrected chi connectivity index (χ4v) is 4.46. The van der Waals surface area contributed by atoms with Crippen LogP contribution in [-0.4, -0.2) is 40.8 Å². The molecule has 5 rings (SSSR count). The summed E-state index contributed by atoms with van der Waals surface area (Å²) in [5.41, 5.74) is 2.18. The molecule has 1 aromatic carbocycles. The van der Waals surface area contributed by atoms with Crippen LogP contribution in [0.25, 0.3) is 22.3 Å². The van der Waals surface area contributed by atoms with Crippen LogP contribution in [-0.2, 0) is 11.3 Å². The van der Waals surface area contributed by atoms with Crippen molar-refractivity contribution in [1.82, 2.24) is 14.5 Å². The van der Waals surface area contributed by atoms with E-state index in [1.54, 1.807) is 0 Å². The van der Waals surface area contributed by atoms with Crippen LogP contribution in [0, 0.1) is 5.92 Å². The smallest absolute Gasteiger partial charge is 0.143 e. The molecule has 27 heavy (non-hydrogen) atoms. The van der Waals surface area contributed by atoms with Crippen molar-refractivity contribution < 1.29 is 4.74 Å². The quantitative estimate of drug-likeness (QED) is 0.700. The summed E-state index contributed by atoms with van der Waals surface area (Å²) in [6, 6.07) is 10.6. The van der Waals surface area contributed by atoms with Gasteiger partial charge in [0.05, 0.1) is 24.3 Å². The van der Waals surface area contributed by atoms with Crippen LogP contribution in [0.15, 0.2) is 42.7 Å². The van der Waals surface area contributed by atoms with Crippen molar-refractivity contribution in [3.8, 4) is 11.4 Å². The number of rotatable bonds is 4. The van der Waals surface area contributed by atoms with E-state index in [-0.39, 0.29) is 0 Å². The minimum atomic E-state index is 0.754. The van der Waals surface area contributed by atoms with E-state index in [2.05, 4.69) is 46.0 Å². The van der Waals surface area contributed by atoms with E-state index in [9.17, 15) is 0 Å². The number of benzene rings is 1. The van der Waals surface area contributed by atoms with Gasteiger partial charge in [-0.3, -0.25) is 0 Å². The van der Waals surface area contributed by atoms with Crippen molar-refractivity contribution in [3.63, 3.8) is 0 Å². The first kappa shape index (κ1) is 16.8. The van der Waals surface area contributed by atoms with Crippen molar-refractivity contribution >= 4 is 16.7 Å². The van der Waals surface area contributed by atoms with E-state index in [4.69, 9.17) is 14.7 Å². The average molecular weight is 362 g/mol. The number of aromatic nitrogens is 3. The Labute approximate surface area is 160 Å². The van der Waals surface area contributed by atoms with Gasteiger partial charge in [0, 0.05) is 37.4 Å². The van der Waals surface area contributed by atoms with Gasteiger partial charge < -0.3 is 14.2 Å². The SMILES string of the molecule is c1ccc2nc(N3CCOCC3)c(-c3nccn3CC3CCCC3)cc2c1. The Kier molecular flexibility index (Phi) is 4.54. The first-order valence-electron chi connectivity index (χ1n) is 10.1. The van der Waals surface area contributed by atoms with Crippen LogP contribution in [0.1, 0.15) is 25.7 Å². The third-order valence-electron chi connectivity index (χ3n) is 5.90. The lowest BCUT2D eigenvalue weighted by molar-refractivity contribution is 0.122. The van der Waals surface area contributed by atoms with E-state index in [0.29, 0.717) is 0 Å². The Bertz CT molecular complexity index is 923. The molecule has 140 valence electrons. The highest BCUT2D eigenvalue weighted by atomic mass is 16.5. The summed E-state index contributed by atoms with van der Waals surface area (Å²) in [6.07, 6.45) is 9.47. The predicted octanol–water partition coefficient (Wildman–Crippen LogP) is 4.13. The number of morpholine rings is 1. The van der Waals surface area contributed by atoms with Crippen molar-refractivity contribution in [3.05, 3.63) is 42.7 Å². The summed E-state index contributed by atoms with van der Waals surface area (Å²) in [4.78, 5) is 12.1. The standard InChI is InChI=1S/C22H26N4O/c1-2-6-17(5-1)16-26-10-9-23-21(26)19-15-18-7-3-4-8-20(18)24-22(19)25-11-13-27-14-12-25/h3-4,7-10,15,17H,1-2,5-6,11-14,16H2. The van der Waals surface area contributed by atoms with Gasteiger partial charge in [-0.15, -0.1) is 0 Å². The Morgan fingerprint density at radius 3 is 2.74 bits per heavy atom. The van der Waals surface area contributed by atoms with Gasteiger partial charge in [0.1, 0.15) is 11.6 Å². The number of hydrogen-bond donors (Lipinski definition) is 0. The highest BCUT2D eigenvalue weighted by Gasteiger charge is 2.22. The Balaban J connectivity index is 1.60. The number of anilines is 1. The summed E-state index contributed by atoms with van der Waals surface area (Å²) in [5.74, 6) is 2.86. The van der Waals surface area contributed by atoms with Gasteiger partial charge in [0.2, 0.25) is 0 Å². The second kappa shape index (κ2) is 7.31. The van der Waals surface area contributed by atoms with Gasteiger partial charge in [-0.25, -0.2) is 9.97 Å². The third kappa shape index (κ3) is 3.32. The summed E-state index contributed by atoms with van der Waals surface area (Å²) < 4.78 is 7.90. The molecule has 5 heteroatoms. The maximum Gasteiger partial charge on any atom is 0.143 e. The minimum absolute atomic E-state index is 0.754. The first-order valence-corrected chi connectivity index (χ1v) is 10.1. The molecule has 2 fully saturated rings. The van der Waals surface area contributed by atoms with Crippen LogP contribution >= 0.6 is 0 Å². The maximum absolute atomic E-state index is 5.56. The van der Waals surface area contributed by atoms with Crippen molar-refractivity contribution in [2.75, 3.05) is 31.2 Å². The highest BCUT2D eigenvalue weighted by molar-refractivity contribution is 5.88. The molecule has 5 nitrogen and oxygen atoms in total. The number of fused-ring (bicyclic) bond motifs is 1. The molecule has 0 amide bonds. The Morgan fingerprint density at radius 1 is 1.07 bits per heavy atom. The predicted molar refractivity (Wildman–Crippen MR) is 108 cm³/mol. The molecule has 1 aliphatic carbocycles. The molecular formula is C22H26N4O. The summed E-state index contributed by atoms with van der Waals surface area (Å²) in [7, 11) is 0. The zero-order valence-corrected chi connectivity index (χ0v) is 15.7. The number of pyridine rings is 1. The van der Waals surface area contributed by atoms with Crippen molar-refractivity contribution in [2.24, 2.45) is 5.92 Å².